The van der Waals surface area contributed by atoms with Crippen molar-refractivity contribution in [3.63, 3.8) is 0 Å². The Bertz CT molecular complexity index is 434. The molecule has 21 heavy (non-hydrogen) atoms. The number of nitrogens with two attached hydrogens (primary N) is 1. The number of nitrogens with one attached hydrogen (secondary N) is 1. The predicted octanol–water partition coefficient (Wildman–Crippen LogP) is 1.75. The normalized spacial score (nSPS) is 20.6. The number of carbonyl (C=O) groups excluding carboxylic acids is 2. The minimum Gasteiger partial charge on any atom is -0.444 e. The van der Waals surface area contributed by atoms with Gasteiger partial charge in [-0.15, -0.1) is 0 Å². The maximum atomic E-state index is 12.0. The summed E-state index contributed by atoms with van der Waals surface area (Å²) in [6, 6.07) is -0.0620. The SMILES string of the molecule is CC(N)=C(C)C(=O)NC1CCCN(C(=O)OC(C)(C)C)C1. The van der Waals surface area contributed by atoms with Crippen LogP contribution < -0.4 is 11.1 Å². The number of ether oxygens (including phenoxy) is 1. The first-order valence-electron chi connectivity index (χ1n) is 7.32. The minimum absolute atomic E-state index is 0.0620. The average Bonchev–Trinajstić information content (AvgIpc) is 2.35. The van der Waals surface area contributed by atoms with Gasteiger partial charge in [0.25, 0.3) is 0 Å². The number of hydrogen-bond acceptors (Lipinski definition) is 4. The van der Waals surface area contributed by atoms with Crippen LogP contribution in [0.2, 0.25) is 0 Å². The summed E-state index contributed by atoms with van der Waals surface area (Å²) in [6.07, 6.45) is 1.36. The summed E-state index contributed by atoms with van der Waals surface area (Å²) in [5.41, 5.74) is 6.14. The molecule has 0 saturated carbocycles. The Morgan fingerprint density at radius 3 is 2.43 bits per heavy atom. The van der Waals surface area contributed by atoms with Crippen molar-refractivity contribution in [3.05, 3.63) is 11.3 Å². The molecule has 1 aliphatic heterocycles. The molecule has 120 valence electrons. The van der Waals surface area contributed by atoms with Crippen molar-refractivity contribution in [3.8, 4) is 0 Å². The molecule has 6 nitrogen and oxygen atoms in total. The molecule has 0 aliphatic carbocycles. The maximum absolute atomic E-state index is 12.0. The van der Waals surface area contributed by atoms with E-state index in [2.05, 4.69) is 5.32 Å². The van der Waals surface area contributed by atoms with Crippen molar-refractivity contribution < 1.29 is 14.3 Å². The van der Waals surface area contributed by atoms with Crippen LogP contribution in [0.3, 0.4) is 0 Å². The van der Waals surface area contributed by atoms with E-state index in [1.165, 1.54) is 0 Å². The number of allylic oxidation sites excluding steroid dienone is 1. The Kier molecular flexibility index (Phi) is 5.63. The summed E-state index contributed by atoms with van der Waals surface area (Å²) >= 11 is 0. The summed E-state index contributed by atoms with van der Waals surface area (Å²) in [5.74, 6) is -0.175. The van der Waals surface area contributed by atoms with Crippen LogP contribution in [0.5, 0.6) is 0 Å². The number of rotatable bonds is 2. The Morgan fingerprint density at radius 1 is 1.29 bits per heavy atom. The lowest BCUT2D eigenvalue weighted by molar-refractivity contribution is -0.118. The van der Waals surface area contributed by atoms with E-state index in [1.54, 1.807) is 18.7 Å². The highest BCUT2D eigenvalue weighted by Crippen LogP contribution is 2.15. The molecule has 0 bridgehead atoms. The van der Waals surface area contributed by atoms with Gasteiger partial charge in [-0.2, -0.15) is 0 Å². The highest BCUT2D eigenvalue weighted by Gasteiger charge is 2.28. The summed E-state index contributed by atoms with van der Waals surface area (Å²) in [6.45, 7) is 10.0. The molecule has 1 unspecified atom stereocenters. The topological polar surface area (TPSA) is 84.7 Å². The second-order valence-corrected chi connectivity index (χ2v) is 6.55. The van der Waals surface area contributed by atoms with Gasteiger partial charge in [-0.05, 0) is 47.5 Å². The van der Waals surface area contributed by atoms with E-state index in [0.29, 0.717) is 24.4 Å². The number of nitrogens with zero attached hydrogens (tertiary/aromatic N) is 1. The van der Waals surface area contributed by atoms with Crippen molar-refractivity contribution in [2.75, 3.05) is 13.1 Å². The molecule has 1 fully saturated rings. The Balaban J connectivity index is 2.59. The van der Waals surface area contributed by atoms with Gasteiger partial charge < -0.3 is 20.7 Å². The number of amides is 2. The van der Waals surface area contributed by atoms with Gasteiger partial charge in [-0.1, -0.05) is 0 Å². The first-order valence-corrected chi connectivity index (χ1v) is 7.32. The first-order chi connectivity index (χ1) is 9.60. The quantitative estimate of drug-likeness (QED) is 0.761. The largest absolute Gasteiger partial charge is 0.444 e. The van der Waals surface area contributed by atoms with Crippen LogP contribution in [0.25, 0.3) is 0 Å². The van der Waals surface area contributed by atoms with Crippen molar-refractivity contribution in [2.24, 2.45) is 5.73 Å². The van der Waals surface area contributed by atoms with Crippen LogP contribution >= 0.6 is 0 Å². The zero-order valence-corrected chi connectivity index (χ0v) is 13.7. The number of likely N-dealkylation sites (tertiary alicyclic amines) is 1. The Labute approximate surface area is 126 Å². The number of hydrogen-bond donors (Lipinski definition) is 2. The van der Waals surface area contributed by atoms with Crippen LogP contribution in [-0.4, -0.2) is 41.6 Å². The third-order valence-corrected chi connectivity index (χ3v) is 3.34. The summed E-state index contributed by atoms with van der Waals surface area (Å²) < 4.78 is 5.36. The van der Waals surface area contributed by atoms with Gasteiger partial charge in [-0.3, -0.25) is 4.79 Å². The molecule has 0 radical (unpaired) electrons. The van der Waals surface area contributed by atoms with Crippen LogP contribution in [0.15, 0.2) is 11.3 Å². The van der Waals surface area contributed by atoms with Crippen molar-refractivity contribution >= 4 is 12.0 Å². The van der Waals surface area contributed by atoms with E-state index >= 15 is 0 Å². The van der Waals surface area contributed by atoms with Gasteiger partial charge in [0, 0.05) is 30.4 Å². The van der Waals surface area contributed by atoms with Gasteiger partial charge in [0.15, 0.2) is 0 Å². The molecule has 0 spiro atoms. The lowest BCUT2D eigenvalue weighted by Gasteiger charge is -2.34. The minimum atomic E-state index is -0.511. The lowest BCUT2D eigenvalue weighted by atomic mass is 10.1. The second kappa shape index (κ2) is 6.83. The van der Waals surface area contributed by atoms with E-state index in [0.717, 1.165) is 12.8 Å². The first kappa shape index (κ1) is 17.3. The predicted molar refractivity (Wildman–Crippen MR) is 81.5 cm³/mol. The second-order valence-electron chi connectivity index (χ2n) is 6.55. The van der Waals surface area contributed by atoms with E-state index in [1.807, 2.05) is 20.8 Å². The summed E-state index contributed by atoms with van der Waals surface area (Å²) in [5, 5.41) is 2.92. The van der Waals surface area contributed by atoms with E-state index < -0.39 is 5.60 Å². The molecule has 6 heteroatoms. The third kappa shape index (κ3) is 5.65. The van der Waals surface area contributed by atoms with Crippen LogP contribution in [0.1, 0.15) is 47.5 Å². The highest BCUT2D eigenvalue weighted by atomic mass is 16.6. The van der Waals surface area contributed by atoms with Crippen molar-refractivity contribution in [1.29, 1.82) is 0 Å². The smallest absolute Gasteiger partial charge is 0.410 e. The molecule has 1 saturated heterocycles. The standard InChI is InChI=1S/C15H27N3O3/c1-10(11(2)16)13(19)17-12-7-6-8-18(9-12)14(20)21-15(3,4)5/h12H,6-9,16H2,1-5H3,(H,17,19). The van der Waals surface area contributed by atoms with Gasteiger partial charge in [0.05, 0.1) is 0 Å². The van der Waals surface area contributed by atoms with Crippen LogP contribution in [0, 0.1) is 0 Å². The van der Waals surface area contributed by atoms with Crippen molar-refractivity contribution in [2.45, 2.75) is 59.1 Å². The molecule has 1 heterocycles. The Hall–Kier alpha value is -1.72. The molecule has 3 N–H and O–H groups in total. The highest BCUT2D eigenvalue weighted by molar-refractivity contribution is 5.93. The third-order valence-electron chi connectivity index (χ3n) is 3.34. The monoisotopic (exact) mass is 297 g/mol. The van der Waals surface area contributed by atoms with E-state index in [9.17, 15) is 9.59 Å². The summed E-state index contributed by atoms with van der Waals surface area (Å²) in [7, 11) is 0. The van der Waals surface area contributed by atoms with Crippen molar-refractivity contribution in [1.82, 2.24) is 10.2 Å². The molecule has 1 rings (SSSR count). The molecule has 0 aromatic heterocycles. The zero-order valence-electron chi connectivity index (χ0n) is 13.7. The van der Waals surface area contributed by atoms with Crippen LogP contribution in [-0.2, 0) is 9.53 Å². The van der Waals surface area contributed by atoms with Gasteiger partial charge in [-0.25, -0.2) is 4.79 Å². The molecule has 0 aromatic rings. The fourth-order valence-corrected chi connectivity index (χ4v) is 2.06. The van der Waals surface area contributed by atoms with Gasteiger partial charge in [0.1, 0.15) is 5.60 Å². The number of piperidine rings is 1. The molecule has 0 aromatic carbocycles. The fourth-order valence-electron chi connectivity index (χ4n) is 2.06. The molecular weight excluding hydrogens is 270 g/mol. The fraction of sp³-hybridized carbons (Fsp3) is 0.733. The average molecular weight is 297 g/mol. The zero-order chi connectivity index (χ0) is 16.2. The summed E-state index contributed by atoms with van der Waals surface area (Å²) in [4.78, 5) is 25.7. The Morgan fingerprint density at radius 2 is 1.90 bits per heavy atom. The molecule has 1 atom stereocenters. The van der Waals surface area contributed by atoms with E-state index in [4.69, 9.17) is 10.5 Å². The maximum Gasteiger partial charge on any atom is 0.410 e. The number of carbonyl (C=O) groups is 2. The molecule has 1 aliphatic rings. The lowest BCUT2D eigenvalue weighted by Crippen LogP contribution is -2.50. The molecular formula is C15H27N3O3. The van der Waals surface area contributed by atoms with E-state index in [-0.39, 0.29) is 18.0 Å². The van der Waals surface area contributed by atoms with Gasteiger partial charge in [0.2, 0.25) is 5.91 Å². The molecule has 2 amide bonds. The van der Waals surface area contributed by atoms with Crippen LogP contribution in [0.4, 0.5) is 4.79 Å². The van der Waals surface area contributed by atoms with Gasteiger partial charge >= 0.3 is 6.09 Å².